The number of hydrogen-bond acceptors (Lipinski definition) is 6. The van der Waals surface area contributed by atoms with E-state index in [9.17, 15) is 9.59 Å². The molecule has 174 valence electrons. The highest BCUT2D eigenvalue weighted by Gasteiger charge is 2.69. The molecule has 2 aliphatic heterocycles. The number of rotatable bonds is 6. The zero-order valence-corrected chi connectivity index (χ0v) is 20.0. The van der Waals surface area contributed by atoms with Crippen molar-refractivity contribution in [3.8, 4) is 11.5 Å². The number of methoxy groups -OCH3 is 2. The van der Waals surface area contributed by atoms with E-state index < -0.39 is 16.8 Å². The Balaban J connectivity index is 1.93. The Morgan fingerprint density at radius 2 is 1.36 bits per heavy atom. The molecule has 2 aromatic rings. The van der Waals surface area contributed by atoms with Crippen molar-refractivity contribution < 1.29 is 28.5 Å². The second-order valence-corrected chi connectivity index (χ2v) is 9.02. The van der Waals surface area contributed by atoms with Crippen LogP contribution in [0.5, 0.6) is 11.5 Å². The SMILES string of the molecule is COc1ccc(C2(c3ccc(OC)cc3)CC3(C(C)=O)CC(C(C)=O)=C(C)OC3(C)O2)cc1. The topological polar surface area (TPSA) is 71.1 Å². The van der Waals surface area contributed by atoms with Crippen LogP contribution in [0.25, 0.3) is 0 Å². The van der Waals surface area contributed by atoms with Crippen molar-refractivity contribution in [2.75, 3.05) is 14.2 Å². The molecule has 2 aromatic carbocycles. The second kappa shape index (κ2) is 8.03. The molecule has 0 radical (unpaired) electrons. The average Bonchev–Trinajstić information content (AvgIpc) is 3.08. The fourth-order valence-electron chi connectivity index (χ4n) is 5.32. The summed E-state index contributed by atoms with van der Waals surface area (Å²) in [6.07, 6.45) is 0.600. The van der Waals surface area contributed by atoms with E-state index >= 15 is 0 Å². The molecule has 33 heavy (non-hydrogen) atoms. The van der Waals surface area contributed by atoms with E-state index in [-0.39, 0.29) is 18.0 Å². The summed E-state index contributed by atoms with van der Waals surface area (Å²) in [5.41, 5.74) is 0.260. The van der Waals surface area contributed by atoms with Crippen LogP contribution in [-0.4, -0.2) is 31.6 Å². The van der Waals surface area contributed by atoms with Gasteiger partial charge in [0.15, 0.2) is 5.78 Å². The Morgan fingerprint density at radius 1 is 0.879 bits per heavy atom. The minimum Gasteiger partial charge on any atom is -0.497 e. The molecule has 2 unspecified atom stereocenters. The highest BCUT2D eigenvalue weighted by atomic mass is 16.7. The van der Waals surface area contributed by atoms with Gasteiger partial charge in [0.05, 0.1) is 14.2 Å². The molecule has 1 saturated heterocycles. The first-order valence-corrected chi connectivity index (χ1v) is 11.0. The fourth-order valence-corrected chi connectivity index (χ4v) is 5.32. The molecule has 0 aromatic heterocycles. The maximum atomic E-state index is 13.3. The quantitative estimate of drug-likeness (QED) is 0.621. The van der Waals surface area contributed by atoms with E-state index in [0.717, 1.165) is 22.6 Å². The van der Waals surface area contributed by atoms with Gasteiger partial charge in [-0.15, -0.1) is 0 Å². The Labute approximate surface area is 194 Å². The summed E-state index contributed by atoms with van der Waals surface area (Å²) in [4.78, 5) is 25.7. The summed E-state index contributed by atoms with van der Waals surface area (Å²) in [5.74, 6) is 0.532. The molecule has 6 heteroatoms. The summed E-state index contributed by atoms with van der Waals surface area (Å²) >= 11 is 0. The van der Waals surface area contributed by atoms with E-state index in [0.29, 0.717) is 17.8 Å². The fraction of sp³-hybridized carbons (Fsp3) is 0.407. The van der Waals surface area contributed by atoms with Crippen LogP contribution in [0.15, 0.2) is 59.9 Å². The van der Waals surface area contributed by atoms with E-state index in [1.54, 1.807) is 28.1 Å². The summed E-state index contributed by atoms with van der Waals surface area (Å²) < 4.78 is 23.8. The molecule has 0 amide bonds. The third kappa shape index (κ3) is 3.44. The number of carbonyl (C=O) groups excluding carboxylic acids is 2. The molecule has 0 aliphatic carbocycles. The van der Waals surface area contributed by atoms with Crippen molar-refractivity contribution in [2.45, 2.75) is 51.9 Å². The number of ketones is 2. The monoisotopic (exact) mass is 450 g/mol. The van der Waals surface area contributed by atoms with Gasteiger partial charge in [0.2, 0.25) is 5.79 Å². The number of ether oxygens (including phenoxy) is 4. The first-order chi connectivity index (χ1) is 15.6. The second-order valence-electron chi connectivity index (χ2n) is 9.02. The van der Waals surface area contributed by atoms with Gasteiger partial charge >= 0.3 is 0 Å². The summed E-state index contributed by atoms with van der Waals surface area (Å²) in [6, 6.07) is 15.3. The van der Waals surface area contributed by atoms with Crippen LogP contribution >= 0.6 is 0 Å². The Morgan fingerprint density at radius 3 is 1.76 bits per heavy atom. The molecular weight excluding hydrogens is 420 g/mol. The largest absolute Gasteiger partial charge is 0.497 e. The number of allylic oxidation sites excluding steroid dienone is 2. The van der Waals surface area contributed by atoms with Gasteiger partial charge < -0.3 is 18.9 Å². The molecule has 6 nitrogen and oxygen atoms in total. The lowest BCUT2D eigenvalue weighted by Crippen LogP contribution is -2.52. The van der Waals surface area contributed by atoms with Gasteiger partial charge in [-0.25, -0.2) is 0 Å². The van der Waals surface area contributed by atoms with Crippen LogP contribution in [0.4, 0.5) is 0 Å². The maximum absolute atomic E-state index is 13.3. The van der Waals surface area contributed by atoms with Crippen molar-refractivity contribution in [1.82, 2.24) is 0 Å². The molecule has 0 bridgehead atoms. The minimum atomic E-state index is -1.25. The zero-order chi connectivity index (χ0) is 24.0. The normalized spacial score (nSPS) is 25.8. The number of benzene rings is 2. The van der Waals surface area contributed by atoms with Gasteiger partial charge in [-0.3, -0.25) is 9.59 Å². The lowest BCUT2D eigenvalue weighted by atomic mass is 9.65. The third-order valence-electron chi connectivity index (χ3n) is 7.25. The molecule has 2 heterocycles. The molecule has 0 saturated carbocycles. The van der Waals surface area contributed by atoms with E-state index in [2.05, 4.69) is 0 Å². The maximum Gasteiger partial charge on any atom is 0.221 e. The number of hydrogen-bond donors (Lipinski definition) is 0. The van der Waals surface area contributed by atoms with Gasteiger partial charge in [-0.05, 0) is 62.6 Å². The van der Waals surface area contributed by atoms with Gasteiger partial charge in [0.1, 0.15) is 34.1 Å². The Bertz CT molecular complexity index is 1070. The molecule has 2 atom stereocenters. The molecule has 0 N–H and O–H groups in total. The smallest absolute Gasteiger partial charge is 0.221 e. The predicted molar refractivity (Wildman–Crippen MR) is 123 cm³/mol. The van der Waals surface area contributed by atoms with Crippen LogP contribution in [0.1, 0.15) is 51.7 Å². The van der Waals surface area contributed by atoms with Crippen LogP contribution in [0, 0.1) is 5.41 Å². The van der Waals surface area contributed by atoms with Crippen LogP contribution in [-0.2, 0) is 24.7 Å². The molecule has 2 aliphatic rings. The summed E-state index contributed by atoms with van der Waals surface area (Å²) in [7, 11) is 3.23. The average molecular weight is 451 g/mol. The number of fused-ring (bicyclic) bond motifs is 1. The van der Waals surface area contributed by atoms with Gasteiger partial charge in [-0.2, -0.15) is 0 Å². The van der Waals surface area contributed by atoms with Gasteiger partial charge in [0, 0.05) is 18.9 Å². The molecule has 1 fully saturated rings. The van der Waals surface area contributed by atoms with Crippen molar-refractivity contribution in [3.05, 3.63) is 71.0 Å². The summed E-state index contributed by atoms with van der Waals surface area (Å²) in [6.45, 7) is 6.63. The Kier molecular flexibility index (Phi) is 5.61. The van der Waals surface area contributed by atoms with Crippen molar-refractivity contribution in [1.29, 1.82) is 0 Å². The van der Waals surface area contributed by atoms with Crippen LogP contribution in [0.2, 0.25) is 0 Å². The summed E-state index contributed by atoms with van der Waals surface area (Å²) in [5, 5.41) is 0. The molecule has 0 spiro atoms. The lowest BCUT2D eigenvalue weighted by Gasteiger charge is -2.44. The minimum absolute atomic E-state index is 0.0693. The van der Waals surface area contributed by atoms with Gasteiger partial charge in [0.25, 0.3) is 0 Å². The highest BCUT2D eigenvalue weighted by molar-refractivity contribution is 5.96. The van der Waals surface area contributed by atoms with Crippen LogP contribution in [0.3, 0.4) is 0 Å². The molecule has 4 rings (SSSR count). The van der Waals surface area contributed by atoms with Crippen molar-refractivity contribution in [3.63, 3.8) is 0 Å². The predicted octanol–water partition coefficient (Wildman–Crippen LogP) is 4.94. The third-order valence-corrected chi connectivity index (χ3v) is 7.25. The lowest BCUT2D eigenvalue weighted by molar-refractivity contribution is -0.255. The van der Waals surface area contributed by atoms with E-state index in [1.807, 2.05) is 55.5 Å². The zero-order valence-electron chi connectivity index (χ0n) is 20.0. The number of Topliss-reactive ketones (excluding diaryl/α,β-unsaturated/α-hetero) is 2. The van der Waals surface area contributed by atoms with E-state index in [4.69, 9.17) is 18.9 Å². The standard InChI is InChI=1S/C27H30O6/c1-17(28)24-15-26(19(3)29)16-27(33-25(26,4)32-18(24)2,20-7-11-22(30-5)12-8-20)21-9-13-23(31-6)14-10-21/h7-14H,15-16H2,1-6H3. The highest BCUT2D eigenvalue weighted by Crippen LogP contribution is 2.63. The number of carbonyl (C=O) groups is 2. The first kappa shape index (κ1) is 23.1. The van der Waals surface area contributed by atoms with Crippen molar-refractivity contribution in [2.24, 2.45) is 5.41 Å². The van der Waals surface area contributed by atoms with Crippen LogP contribution < -0.4 is 9.47 Å². The van der Waals surface area contributed by atoms with E-state index in [1.165, 1.54) is 6.92 Å². The van der Waals surface area contributed by atoms with Gasteiger partial charge in [-0.1, -0.05) is 24.3 Å². The first-order valence-electron chi connectivity index (χ1n) is 11.0. The molecular formula is C27H30O6. The Hall–Kier alpha value is -3.12. The van der Waals surface area contributed by atoms with Crippen molar-refractivity contribution >= 4 is 11.6 Å².